The van der Waals surface area contributed by atoms with Crippen molar-refractivity contribution in [3.8, 4) is 5.75 Å². The van der Waals surface area contributed by atoms with Crippen molar-refractivity contribution in [3.63, 3.8) is 0 Å². The molecule has 0 amide bonds. The fourth-order valence-corrected chi connectivity index (χ4v) is 5.75. The molecule has 0 aromatic heterocycles. The molecule has 1 atom stereocenters. The summed E-state index contributed by atoms with van der Waals surface area (Å²) in [5, 5.41) is 23.8. The van der Waals surface area contributed by atoms with Crippen LogP contribution in [0, 0.1) is 5.92 Å². The predicted molar refractivity (Wildman–Crippen MR) is 141 cm³/mol. The van der Waals surface area contributed by atoms with Crippen molar-refractivity contribution in [2.45, 2.75) is 43.7 Å². The number of phenolic OH excluding ortho intramolecular Hbond substituents is 1. The Bertz CT molecular complexity index is 1230. The Hall–Kier alpha value is -2.38. The molecule has 1 heterocycles. The van der Waals surface area contributed by atoms with E-state index in [1.54, 1.807) is 18.2 Å². The molecule has 0 aliphatic carbocycles. The Morgan fingerprint density at radius 3 is 2.22 bits per heavy atom. The topological polar surface area (TPSA) is 148 Å². The number of sulfonamides is 2. The fourth-order valence-electron chi connectivity index (χ4n) is 3.98. The highest BCUT2D eigenvalue weighted by atomic mass is 32.2. The fraction of sp³-hybridized carbons (Fsp3) is 0.500. The highest BCUT2D eigenvalue weighted by Gasteiger charge is 2.22. The summed E-state index contributed by atoms with van der Waals surface area (Å²) in [4.78, 5) is 2.46. The SMILES string of the molecule is CC(C)CNS(=O)(=O)c1ccc(N2CCC(NCC(O)c3ccc(O)c(NS(C)(=O)=O)c3)CC2)cc1. The number of nitrogens with zero attached hydrogens (tertiary/aromatic N) is 1. The maximum Gasteiger partial charge on any atom is 0.240 e. The lowest BCUT2D eigenvalue weighted by Gasteiger charge is -2.34. The summed E-state index contributed by atoms with van der Waals surface area (Å²) in [5.41, 5.74) is 1.48. The van der Waals surface area contributed by atoms with Crippen LogP contribution in [0.4, 0.5) is 11.4 Å². The monoisotopic (exact) mass is 540 g/mol. The van der Waals surface area contributed by atoms with Crippen molar-refractivity contribution in [1.82, 2.24) is 10.0 Å². The maximum atomic E-state index is 12.4. The van der Waals surface area contributed by atoms with Gasteiger partial charge in [-0.3, -0.25) is 4.72 Å². The number of phenols is 1. The zero-order valence-corrected chi connectivity index (χ0v) is 22.4. The first-order valence-corrected chi connectivity index (χ1v) is 15.3. The van der Waals surface area contributed by atoms with Gasteiger partial charge in [-0.2, -0.15) is 0 Å². The number of aromatic hydroxyl groups is 1. The lowest BCUT2D eigenvalue weighted by molar-refractivity contribution is 0.167. The molecule has 2 aromatic carbocycles. The third-order valence-electron chi connectivity index (χ3n) is 5.99. The second-order valence-corrected chi connectivity index (χ2v) is 13.1. The summed E-state index contributed by atoms with van der Waals surface area (Å²) < 4.78 is 52.6. The van der Waals surface area contributed by atoms with Gasteiger partial charge in [-0.15, -0.1) is 0 Å². The van der Waals surface area contributed by atoms with Crippen molar-refractivity contribution in [1.29, 1.82) is 0 Å². The molecule has 0 bridgehead atoms. The van der Waals surface area contributed by atoms with Crippen LogP contribution in [0.1, 0.15) is 38.4 Å². The molecule has 1 unspecified atom stereocenters. The zero-order chi connectivity index (χ0) is 26.5. The maximum absolute atomic E-state index is 12.4. The quantitative estimate of drug-likeness (QED) is 0.272. The third kappa shape index (κ3) is 8.07. The Labute approximate surface area is 213 Å². The highest BCUT2D eigenvalue weighted by Crippen LogP contribution is 2.28. The number of aliphatic hydroxyl groups excluding tert-OH is 1. The number of aliphatic hydroxyl groups is 1. The van der Waals surface area contributed by atoms with Crippen molar-refractivity contribution < 1.29 is 27.0 Å². The van der Waals surface area contributed by atoms with Gasteiger partial charge in [0.25, 0.3) is 0 Å². The predicted octanol–water partition coefficient (Wildman–Crippen LogP) is 1.99. The van der Waals surface area contributed by atoms with Crippen molar-refractivity contribution in [2.24, 2.45) is 5.92 Å². The van der Waals surface area contributed by atoms with E-state index >= 15 is 0 Å². The van der Waals surface area contributed by atoms with Gasteiger partial charge in [-0.1, -0.05) is 19.9 Å². The first kappa shape index (κ1) is 28.2. The van der Waals surface area contributed by atoms with Crippen molar-refractivity contribution in [3.05, 3.63) is 48.0 Å². The Kier molecular flexibility index (Phi) is 9.23. The van der Waals surface area contributed by atoms with Crippen LogP contribution in [0.25, 0.3) is 0 Å². The molecule has 10 nitrogen and oxygen atoms in total. The number of anilines is 2. The van der Waals surface area contributed by atoms with Crippen LogP contribution in [0.5, 0.6) is 5.75 Å². The molecule has 1 aliphatic rings. The number of hydrogen-bond acceptors (Lipinski definition) is 8. The van der Waals surface area contributed by atoms with E-state index in [0.29, 0.717) is 12.1 Å². The number of hydrogen-bond donors (Lipinski definition) is 5. The summed E-state index contributed by atoms with van der Waals surface area (Å²) >= 11 is 0. The van der Waals surface area contributed by atoms with Gasteiger partial charge in [0.2, 0.25) is 20.0 Å². The van der Waals surface area contributed by atoms with Crippen molar-refractivity contribution >= 4 is 31.4 Å². The van der Waals surface area contributed by atoms with E-state index in [1.807, 2.05) is 26.0 Å². The van der Waals surface area contributed by atoms with Crippen LogP contribution in [0.3, 0.4) is 0 Å². The Balaban J connectivity index is 1.50. The average Bonchev–Trinajstić information content (AvgIpc) is 2.82. The standard InChI is InChI=1S/C24H36N4O6S2/c1-17(2)15-26-36(33,34)21-7-5-20(6-8-21)28-12-10-19(11-13-28)25-16-24(30)18-4-9-23(29)22(14-18)27-35(3,31)32/h4-9,14,17,19,24-27,29-30H,10-13,15-16H2,1-3H3. The molecule has 1 saturated heterocycles. The molecule has 0 saturated carbocycles. The van der Waals surface area contributed by atoms with Crippen LogP contribution in [-0.2, 0) is 20.0 Å². The van der Waals surface area contributed by atoms with Crippen LogP contribution in [0.2, 0.25) is 0 Å². The number of piperidine rings is 1. The minimum atomic E-state index is -3.56. The van der Waals surface area contributed by atoms with E-state index in [4.69, 9.17) is 0 Å². The average molecular weight is 541 g/mol. The van der Waals surface area contributed by atoms with Crippen LogP contribution >= 0.6 is 0 Å². The van der Waals surface area contributed by atoms with Crippen LogP contribution < -0.4 is 19.7 Å². The normalized spacial score (nSPS) is 16.3. The molecule has 12 heteroatoms. The highest BCUT2D eigenvalue weighted by molar-refractivity contribution is 7.92. The van der Waals surface area contributed by atoms with Gasteiger partial charge in [0.15, 0.2) is 0 Å². The molecule has 36 heavy (non-hydrogen) atoms. The Morgan fingerprint density at radius 2 is 1.64 bits per heavy atom. The molecule has 0 spiro atoms. The van der Waals surface area contributed by atoms with Gasteiger partial charge < -0.3 is 20.4 Å². The lowest BCUT2D eigenvalue weighted by Crippen LogP contribution is -2.43. The summed E-state index contributed by atoms with van der Waals surface area (Å²) in [6, 6.07) is 11.4. The lowest BCUT2D eigenvalue weighted by atomic mass is 10.0. The smallest absolute Gasteiger partial charge is 0.240 e. The second kappa shape index (κ2) is 11.8. The van der Waals surface area contributed by atoms with Crippen molar-refractivity contribution in [2.75, 3.05) is 42.1 Å². The van der Waals surface area contributed by atoms with E-state index in [-0.39, 0.29) is 34.8 Å². The third-order valence-corrected chi connectivity index (χ3v) is 8.02. The zero-order valence-electron chi connectivity index (χ0n) is 20.8. The molecule has 200 valence electrons. The molecular formula is C24H36N4O6S2. The summed E-state index contributed by atoms with van der Waals surface area (Å²) in [7, 11) is -7.07. The van der Waals surface area contributed by atoms with E-state index in [0.717, 1.165) is 37.9 Å². The molecular weight excluding hydrogens is 504 g/mol. The summed E-state index contributed by atoms with van der Waals surface area (Å²) in [5.74, 6) is 0.0136. The summed E-state index contributed by atoms with van der Waals surface area (Å²) in [6.45, 7) is 6.15. The Morgan fingerprint density at radius 1 is 1.00 bits per heavy atom. The van der Waals surface area contributed by atoms with E-state index in [2.05, 4.69) is 19.7 Å². The minimum absolute atomic E-state index is 0.0249. The molecule has 0 radical (unpaired) electrons. The second-order valence-electron chi connectivity index (χ2n) is 9.58. The molecule has 1 fully saturated rings. The van der Waals surface area contributed by atoms with Gasteiger partial charge in [0.05, 0.1) is 22.9 Å². The summed E-state index contributed by atoms with van der Waals surface area (Å²) in [6.07, 6.45) is 1.81. The molecule has 5 N–H and O–H groups in total. The molecule has 3 rings (SSSR count). The van der Waals surface area contributed by atoms with Gasteiger partial charge in [0, 0.05) is 37.9 Å². The molecule has 2 aromatic rings. The number of benzene rings is 2. The van der Waals surface area contributed by atoms with Crippen LogP contribution in [0.15, 0.2) is 47.4 Å². The minimum Gasteiger partial charge on any atom is -0.506 e. The van der Waals surface area contributed by atoms with E-state index in [1.165, 1.54) is 12.1 Å². The largest absolute Gasteiger partial charge is 0.506 e. The molecule has 1 aliphatic heterocycles. The van der Waals surface area contributed by atoms with Gasteiger partial charge >= 0.3 is 0 Å². The first-order chi connectivity index (χ1) is 16.8. The van der Waals surface area contributed by atoms with Gasteiger partial charge in [-0.05, 0) is 60.7 Å². The van der Waals surface area contributed by atoms with Gasteiger partial charge in [-0.25, -0.2) is 21.6 Å². The van der Waals surface area contributed by atoms with E-state index < -0.39 is 26.2 Å². The first-order valence-electron chi connectivity index (χ1n) is 11.9. The number of rotatable bonds is 11. The van der Waals surface area contributed by atoms with Gasteiger partial charge in [0.1, 0.15) is 5.75 Å². The number of nitrogens with one attached hydrogen (secondary N) is 3. The van der Waals surface area contributed by atoms with Crippen LogP contribution in [-0.4, -0.2) is 65.5 Å². The van der Waals surface area contributed by atoms with E-state index in [9.17, 15) is 27.0 Å².